The third-order valence-corrected chi connectivity index (χ3v) is 2.54. The van der Waals surface area contributed by atoms with Crippen molar-refractivity contribution in [2.24, 2.45) is 0 Å². The van der Waals surface area contributed by atoms with E-state index in [-0.39, 0.29) is 0 Å². The first kappa shape index (κ1) is 8.57. The number of hydrogen-bond donors (Lipinski definition) is 0. The zero-order chi connectivity index (χ0) is 9.10. The largest absolute Gasteiger partial charge is 0.380 e. The molecule has 1 fully saturated rings. The molecule has 1 atom stereocenters. The highest BCUT2D eigenvalue weighted by molar-refractivity contribution is 5.46. The molecule has 1 saturated heterocycles. The third kappa shape index (κ3) is 1.83. The molecule has 1 aliphatic rings. The van der Waals surface area contributed by atoms with Crippen LogP contribution in [0.5, 0.6) is 0 Å². The second-order valence-corrected chi connectivity index (χ2v) is 3.35. The number of methoxy groups -OCH3 is 1. The van der Waals surface area contributed by atoms with Crippen LogP contribution >= 0.6 is 0 Å². The Morgan fingerprint density at radius 3 is 2.85 bits per heavy atom. The van der Waals surface area contributed by atoms with Gasteiger partial charge >= 0.3 is 0 Å². The van der Waals surface area contributed by atoms with Gasteiger partial charge in [0.2, 0.25) is 0 Å². The van der Waals surface area contributed by atoms with Crippen molar-refractivity contribution in [1.82, 2.24) is 0 Å². The normalized spacial score (nSPS) is 22.2. The maximum Gasteiger partial charge on any atom is 0.0762 e. The van der Waals surface area contributed by atoms with E-state index in [0.717, 1.165) is 19.5 Å². The van der Waals surface area contributed by atoms with Gasteiger partial charge in [-0.25, -0.2) is 0 Å². The molecule has 2 rings (SSSR count). The number of rotatable bonds is 2. The topological polar surface area (TPSA) is 12.5 Å². The van der Waals surface area contributed by atoms with Crippen LogP contribution in [0.25, 0.3) is 0 Å². The van der Waals surface area contributed by atoms with Crippen molar-refractivity contribution >= 4 is 5.69 Å². The van der Waals surface area contributed by atoms with Gasteiger partial charge in [-0.1, -0.05) is 12.1 Å². The molecule has 1 radical (unpaired) electrons. The summed E-state index contributed by atoms with van der Waals surface area (Å²) >= 11 is 0. The number of benzene rings is 1. The van der Waals surface area contributed by atoms with Gasteiger partial charge in [0.15, 0.2) is 0 Å². The van der Waals surface area contributed by atoms with Crippen molar-refractivity contribution in [3.05, 3.63) is 30.3 Å². The van der Waals surface area contributed by atoms with Crippen LogP contribution in [0.2, 0.25) is 0 Å². The molecular formula is C11H14NO. The van der Waals surface area contributed by atoms with Crippen LogP contribution < -0.4 is 4.90 Å². The minimum absolute atomic E-state index is 0.407. The lowest BCUT2D eigenvalue weighted by atomic mass is 10.3. The lowest BCUT2D eigenvalue weighted by Crippen LogP contribution is -2.21. The van der Waals surface area contributed by atoms with E-state index in [9.17, 15) is 0 Å². The Labute approximate surface area is 79.1 Å². The van der Waals surface area contributed by atoms with Crippen molar-refractivity contribution in [1.29, 1.82) is 0 Å². The lowest BCUT2D eigenvalue weighted by molar-refractivity contribution is 0.121. The number of hydrogen-bond acceptors (Lipinski definition) is 2. The quantitative estimate of drug-likeness (QED) is 0.680. The van der Waals surface area contributed by atoms with Crippen LogP contribution in [0.1, 0.15) is 6.42 Å². The Morgan fingerprint density at radius 2 is 2.23 bits per heavy atom. The van der Waals surface area contributed by atoms with E-state index in [1.807, 2.05) is 12.1 Å². The molecule has 69 valence electrons. The molecular weight excluding hydrogens is 162 g/mol. The van der Waals surface area contributed by atoms with Crippen molar-refractivity contribution in [2.75, 3.05) is 25.1 Å². The Morgan fingerprint density at radius 1 is 1.46 bits per heavy atom. The Balaban J connectivity index is 2.04. The van der Waals surface area contributed by atoms with E-state index in [4.69, 9.17) is 4.74 Å². The summed E-state index contributed by atoms with van der Waals surface area (Å²) in [5.74, 6) is 0. The van der Waals surface area contributed by atoms with Crippen LogP contribution in [0.3, 0.4) is 0 Å². The number of ether oxygens (including phenoxy) is 1. The summed E-state index contributed by atoms with van der Waals surface area (Å²) in [7, 11) is 1.78. The SMILES string of the molecule is COC1CCN(c2cc[c]cc2)C1. The summed E-state index contributed by atoms with van der Waals surface area (Å²) in [6.07, 6.45) is 1.54. The van der Waals surface area contributed by atoms with Crippen molar-refractivity contribution < 1.29 is 4.74 Å². The third-order valence-electron chi connectivity index (χ3n) is 2.54. The fraction of sp³-hybridized carbons (Fsp3) is 0.455. The molecule has 1 aromatic carbocycles. The molecule has 0 bridgehead atoms. The maximum absolute atomic E-state index is 5.31. The summed E-state index contributed by atoms with van der Waals surface area (Å²) in [5, 5.41) is 0. The molecule has 1 aliphatic heterocycles. The van der Waals surface area contributed by atoms with Crippen molar-refractivity contribution in [3.63, 3.8) is 0 Å². The average Bonchev–Trinajstić information content (AvgIpc) is 2.67. The Hall–Kier alpha value is -1.02. The standard InChI is InChI=1S/C11H14NO/c1-13-11-7-8-12(9-11)10-5-3-2-4-6-10/h3-6,11H,7-9H2,1H3. The van der Waals surface area contributed by atoms with E-state index in [1.165, 1.54) is 5.69 Å². The van der Waals surface area contributed by atoms with Crippen molar-refractivity contribution in [3.8, 4) is 0 Å². The summed E-state index contributed by atoms with van der Waals surface area (Å²) in [6, 6.07) is 11.1. The van der Waals surface area contributed by atoms with Gasteiger partial charge < -0.3 is 9.64 Å². The Kier molecular flexibility index (Phi) is 2.50. The molecule has 13 heavy (non-hydrogen) atoms. The highest BCUT2D eigenvalue weighted by Crippen LogP contribution is 2.20. The molecule has 2 nitrogen and oxygen atoms in total. The molecule has 1 aromatic rings. The minimum atomic E-state index is 0.407. The first-order chi connectivity index (χ1) is 6.40. The van der Waals surface area contributed by atoms with Crippen LogP contribution in [0, 0.1) is 6.07 Å². The molecule has 2 heteroatoms. The van der Waals surface area contributed by atoms with Crippen LogP contribution in [0.15, 0.2) is 24.3 Å². The molecule has 0 spiro atoms. The fourth-order valence-corrected chi connectivity index (χ4v) is 1.74. The predicted molar refractivity (Wildman–Crippen MR) is 52.9 cm³/mol. The van der Waals surface area contributed by atoms with Crippen LogP contribution in [0.4, 0.5) is 5.69 Å². The van der Waals surface area contributed by atoms with Gasteiger partial charge in [-0.15, -0.1) is 0 Å². The predicted octanol–water partition coefficient (Wildman–Crippen LogP) is 1.71. The fourth-order valence-electron chi connectivity index (χ4n) is 1.74. The van der Waals surface area contributed by atoms with E-state index >= 15 is 0 Å². The summed E-state index contributed by atoms with van der Waals surface area (Å²) in [6.45, 7) is 2.11. The summed E-state index contributed by atoms with van der Waals surface area (Å²) < 4.78 is 5.31. The van der Waals surface area contributed by atoms with E-state index < -0.39 is 0 Å². The second kappa shape index (κ2) is 3.79. The second-order valence-electron chi connectivity index (χ2n) is 3.35. The highest BCUT2D eigenvalue weighted by Gasteiger charge is 2.21. The van der Waals surface area contributed by atoms with Gasteiger partial charge in [-0.05, 0) is 24.6 Å². The maximum atomic E-state index is 5.31. The van der Waals surface area contributed by atoms with Gasteiger partial charge in [0, 0.05) is 25.9 Å². The molecule has 0 aliphatic carbocycles. The first-order valence-electron chi connectivity index (χ1n) is 4.64. The smallest absolute Gasteiger partial charge is 0.0762 e. The van der Waals surface area contributed by atoms with Gasteiger partial charge in [0.1, 0.15) is 0 Å². The minimum Gasteiger partial charge on any atom is -0.380 e. The highest BCUT2D eigenvalue weighted by atomic mass is 16.5. The average molecular weight is 176 g/mol. The summed E-state index contributed by atoms with van der Waals surface area (Å²) in [4.78, 5) is 2.35. The van der Waals surface area contributed by atoms with Crippen molar-refractivity contribution in [2.45, 2.75) is 12.5 Å². The number of anilines is 1. The van der Waals surface area contributed by atoms with E-state index in [1.54, 1.807) is 7.11 Å². The van der Waals surface area contributed by atoms with Gasteiger partial charge in [0.05, 0.1) is 6.10 Å². The first-order valence-corrected chi connectivity index (χ1v) is 4.64. The Bertz CT molecular complexity index is 260. The molecule has 0 amide bonds. The van der Waals surface area contributed by atoms with E-state index in [2.05, 4.69) is 23.1 Å². The van der Waals surface area contributed by atoms with Gasteiger partial charge in [-0.3, -0.25) is 0 Å². The number of nitrogens with zero attached hydrogens (tertiary/aromatic N) is 1. The zero-order valence-corrected chi connectivity index (χ0v) is 7.86. The van der Waals surface area contributed by atoms with Crippen LogP contribution in [-0.4, -0.2) is 26.3 Å². The molecule has 0 N–H and O–H groups in total. The monoisotopic (exact) mass is 176 g/mol. The lowest BCUT2D eigenvalue weighted by Gasteiger charge is -2.17. The van der Waals surface area contributed by atoms with Crippen LogP contribution in [-0.2, 0) is 4.74 Å². The van der Waals surface area contributed by atoms with Gasteiger partial charge in [-0.2, -0.15) is 0 Å². The molecule has 0 saturated carbocycles. The van der Waals surface area contributed by atoms with E-state index in [0.29, 0.717) is 6.10 Å². The summed E-state index contributed by atoms with van der Waals surface area (Å²) in [5.41, 5.74) is 1.28. The zero-order valence-electron chi connectivity index (χ0n) is 7.86. The molecule has 1 unspecified atom stereocenters. The van der Waals surface area contributed by atoms with Gasteiger partial charge in [0.25, 0.3) is 0 Å². The molecule has 1 heterocycles. The molecule has 0 aromatic heterocycles.